The molecule has 1 atom stereocenters. The monoisotopic (exact) mass is 458 g/mol. The molecule has 3 aromatic rings. The Morgan fingerprint density at radius 3 is 2.29 bits per heavy atom. The van der Waals surface area contributed by atoms with E-state index >= 15 is 0 Å². The van der Waals surface area contributed by atoms with E-state index < -0.39 is 10.0 Å². The van der Waals surface area contributed by atoms with Gasteiger partial charge in [-0.25, -0.2) is 12.8 Å². The van der Waals surface area contributed by atoms with Gasteiger partial charge >= 0.3 is 0 Å². The number of carbonyl (C=O) groups is 1. The molecule has 0 radical (unpaired) electrons. The van der Waals surface area contributed by atoms with Gasteiger partial charge in [-0.05, 0) is 54.1 Å². The highest BCUT2D eigenvalue weighted by atomic mass is 32.2. The second-order valence-corrected chi connectivity index (χ2v) is 10.4. The van der Waals surface area contributed by atoms with Crippen molar-refractivity contribution in [2.24, 2.45) is 5.92 Å². The first-order chi connectivity index (χ1) is 14.9. The highest BCUT2D eigenvalue weighted by molar-refractivity contribution is 7.89. The van der Waals surface area contributed by atoms with Crippen LogP contribution in [0.25, 0.3) is 0 Å². The zero-order valence-electron chi connectivity index (χ0n) is 16.8. The van der Waals surface area contributed by atoms with Crippen LogP contribution in [0.4, 0.5) is 4.39 Å². The van der Waals surface area contributed by atoms with Crippen molar-refractivity contribution in [1.29, 1.82) is 0 Å². The minimum atomic E-state index is -3.55. The standard InChI is InChI=1S/C23H23FN2O3S2/c24-19-10-8-17(9-11-19)22(21-7-4-16-30-21)25-23(27)18-12-14-26(15-13-18)31(28,29)20-5-2-1-3-6-20/h1-11,16,18,22H,12-15H2,(H,25,27)/t22-/m0/s1. The Hall–Kier alpha value is -2.55. The van der Waals surface area contributed by atoms with Gasteiger partial charge in [-0.2, -0.15) is 4.31 Å². The third-order valence-corrected chi connectivity index (χ3v) is 8.37. The first-order valence-corrected chi connectivity index (χ1v) is 12.4. The molecule has 0 bridgehead atoms. The number of hydrogen-bond donors (Lipinski definition) is 1. The lowest BCUT2D eigenvalue weighted by molar-refractivity contribution is -0.126. The molecule has 1 aliphatic rings. The highest BCUT2D eigenvalue weighted by Crippen LogP contribution is 2.29. The van der Waals surface area contributed by atoms with Gasteiger partial charge in [0.25, 0.3) is 0 Å². The van der Waals surface area contributed by atoms with Crippen LogP contribution in [0.3, 0.4) is 0 Å². The van der Waals surface area contributed by atoms with E-state index in [-0.39, 0.29) is 28.6 Å². The predicted octanol–water partition coefficient (Wildman–Crippen LogP) is 4.19. The minimum absolute atomic E-state index is 0.112. The summed E-state index contributed by atoms with van der Waals surface area (Å²) in [4.78, 5) is 14.3. The smallest absolute Gasteiger partial charge is 0.243 e. The van der Waals surface area contributed by atoms with Crippen LogP contribution < -0.4 is 5.32 Å². The lowest BCUT2D eigenvalue weighted by Gasteiger charge is -2.31. The molecule has 162 valence electrons. The average molecular weight is 459 g/mol. The van der Waals surface area contributed by atoms with Gasteiger partial charge in [0, 0.05) is 23.9 Å². The van der Waals surface area contributed by atoms with Crippen molar-refractivity contribution in [3.05, 3.63) is 88.4 Å². The molecule has 5 nitrogen and oxygen atoms in total. The minimum Gasteiger partial charge on any atom is -0.344 e. The third-order valence-electron chi connectivity index (χ3n) is 5.52. The number of halogens is 1. The van der Waals surface area contributed by atoms with Crippen LogP contribution in [0.1, 0.15) is 29.3 Å². The van der Waals surface area contributed by atoms with Gasteiger partial charge in [-0.3, -0.25) is 4.79 Å². The zero-order valence-corrected chi connectivity index (χ0v) is 18.4. The zero-order chi connectivity index (χ0) is 21.8. The molecule has 1 aliphatic heterocycles. The molecule has 2 heterocycles. The summed E-state index contributed by atoms with van der Waals surface area (Å²) in [6, 6.07) is 18.0. The van der Waals surface area contributed by atoms with Gasteiger partial charge < -0.3 is 5.32 Å². The van der Waals surface area contributed by atoms with E-state index in [0.29, 0.717) is 25.9 Å². The van der Waals surface area contributed by atoms with E-state index in [0.717, 1.165) is 10.4 Å². The largest absolute Gasteiger partial charge is 0.344 e. The van der Waals surface area contributed by atoms with Gasteiger partial charge in [-0.1, -0.05) is 36.4 Å². The Labute approximate surface area is 185 Å². The molecular formula is C23H23FN2O3S2. The van der Waals surface area contributed by atoms with Crippen molar-refractivity contribution in [2.75, 3.05) is 13.1 Å². The molecule has 1 saturated heterocycles. The van der Waals surface area contributed by atoms with E-state index in [2.05, 4.69) is 5.32 Å². The molecule has 1 aromatic heterocycles. The van der Waals surface area contributed by atoms with Crippen molar-refractivity contribution in [1.82, 2.24) is 9.62 Å². The van der Waals surface area contributed by atoms with E-state index in [1.807, 2.05) is 17.5 Å². The van der Waals surface area contributed by atoms with Crippen molar-refractivity contribution in [3.63, 3.8) is 0 Å². The number of rotatable bonds is 6. The highest BCUT2D eigenvalue weighted by Gasteiger charge is 2.33. The van der Waals surface area contributed by atoms with Crippen LogP contribution in [0.2, 0.25) is 0 Å². The fourth-order valence-corrected chi connectivity index (χ4v) is 6.08. The van der Waals surface area contributed by atoms with Crippen molar-refractivity contribution >= 4 is 27.3 Å². The number of thiophene rings is 1. The molecule has 0 saturated carbocycles. The Balaban J connectivity index is 1.43. The SMILES string of the molecule is O=C(N[C@@H](c1ccc(F)cc1)c1cccs1)C1CCN(S(=O)(=O)c2ccccc2)CC1. The number of nitrogens with one attached hydrogen (secondary N) is 1. The molecule has 0 aliphatic carbocycles. The second-order valence-electron chi connectivity index (χ2n) is 7.50. The van der Waals surface area contributed by atoms with Crippen molar-refractivity contribution in [3.8, 4) is 0 Å². The number of piperidine rings is 1. The molecule has 31 heavy (non-hydrogen) atoms. The van der Waals surface area contributed by atoms with E-state index in [1.54, 1.807) is 42.5 Å². The van der Waals surface area contributed by atoms with Crippen LogP contribution in [0.5, 0.6) is 0 Å². The molecule has 2 aromatic carbocycles. The summed E-state index contributed by atoms with van der Waals surface area (Å²) in [5, 5.41) is 5.03. The van der Waals surface area contributed by atoms with E-state index in [1.165, 1.54) is 27.8 Å². The van der Waals surface area contributed by atoms with Crippen LogP contribution in [-0.4, -0.2) is 31.7 Å². The summed E-state index contributed by atoms with van der Waals surface area (Å²) in [6.45, 7) is 0.602. The van der Waals surface area contributed by atoms with Gasteiger partial charge in [0.1, 0.15) is 5.82 Å². The topological polar surface area (TPSA) is 66.5 Å². The van der Waals surface area contributed by atoms with Gasteiger partial charge in [0.15, 0.2) is 0 Å². The molecule has 0 spiro atoms. The second kappa shape index (κ2) is 9.30. The van der Waals surface area contributed by atoms with E-state index in [9.17, 15) is 17.6 Å². The fraction of sp³-hybridized carbons (Fsp3) is 0.261. The quantitative estimate of drug-likeness (QED) is 0.602. The normalized spacial score (nSPS) is 16.7. The van der Waals surface area contributed by atoms with Gasteiger partial charge in [-0.15, -0.1) is 11.3 Å². The molecule has 4 rings (SSSR count). The van der Waals surface area contributed by atoms with E-state index in [4.69, 9.17) is 0 Å². The average Bonchev–Trinajstić information content (AvgIpc) is 3.33. The third kappa shape index (κ3) is 4.87. The number of hydrogen-bond acceptors (Lipinski definition) is 4. The van der Waals surface area contributed by atoms with Crippen LogP contribution in [-0.2, 0) is 14.8 Å². The van der Waals surface area contributed by atoms with Gasteiger partial charge in [0.05, 0.1) is 10.9 Å². The maximum atomic E-state index is 13.4. The number of benzene rings is 2. The Morgan fingerprint density at radius 1 is 1.00 bits per heavy atom. The number of nitrogens with zero attached hydrogens (tertiary/aromatic N) is 1. The Kier molecular flexibility index (Phi) is 6.50. The lowest BCUT2D eigenvalue weighted by Crippen LogP contribution is -2.43. The molecule has 1 N–H and O–H groups in total. The molecule has 8 heteroatoms. The summed E-state index contributed by atoms with van der Waals surface area (Å²) in [5.74, 6) is -0.711. The molecular weight excluding hydrogens is 435 g/mol. The van der Waals surface area contributed by atoms with Crippen LogP contribution in [0, 0.1) is 11.7 Å². The summed E-state index contributed by atoms with van der Waals surface area (Å²) in [6.07, 6.45) is 0.914. The van der Waals surface area contributed by atoms with Gasteiger partial charge in [0.2, 0.25) is 15.9 Å². The van der Waals surface area contributed by atoms with Crippen molar-refractivity contribution < 1.29 is 17.6 Å². The first-order valence-electron chi connectivity index (χ1n) is 10.1. The number of amides is 1. The van der Waals surface area contributed by atoms with Crippen LogP contribution >= 0.6 is 11.3 Å². The summed E-state index contributed by atoms with van der Waals surface area (Å²) in [7, 11) is -3.55. The lowest BCUT2D eigenvalue weighted by atomic mass is 9.96. The maximum absolute atomic E-state index is 13.4. The first kappa shape index (κ1) is 21.7. The van der Waals surface area contributed by atoms with Crippen LogP contribution in [0.15, 0.2) is 77.0 Å². The summed E-state index contributed by atoms with van der Waals surface area (Å²) < 4.78 is 40.4. The number of carbonyl (C=O) groups excluding carboxylic acids is 1. The summed E-state index contributed by atoms with van der Waals surface area (Å²) >= 11 is 1.52. The van der Waals surface area contributed by atoms with Crippen molar-refractivity contribution in [2.45, 2.75) is 23.8 Å². The fourth-order valence-electron chi connectivity index (χ4n) is 3.79. The Morgan fingerprint density at radius 2 is 1.68 bits per heavy atom. The maximum Gasteiger partial charge on any atom is 0.243 e. The number of sulfonamides is 1. The predicted molar refractivity (Wildman–Crippen MR) is 119 cm³/mol. The summed E-state index contributed by atoms with van der Waals surface area (Å²) in [5.41, 5.74) is 0.807. The Bertz CT molecular complexity index is 1110. The molecule has 1 fully saturated rings. The molecule has 0 unspecified atom stereocenters. The molecule has 1 amide bonds.